The van der Waals surface area contributed by atoms with Crippen molar-refractivity contribution in [1.29, 1.82) is 0 Å². The van der Waals surface area contributed by atoms with Crippen molar-refractivity contribution in [1.82, 2.24) is 15.1 Å². The summed E-state index contributed by atoms with van der Waals surface area (Å²) >= 11 is 7.38. The van der Waals surface area contributed by atoms with E-state index in [0.29, 0.717) is 5.69 Å². The van der Waals surface area contributed by atoms with Crippen LogP contribution in [0.5, 0.6) is 0 Å². The number of thiophene rings is 1. The predicted molar refractivity (Wildman–Crippen MR) is 74.1 cm³/mol. The molecule has 2 rings (SSSR count). The molecule has 4 nitrogen and oxygen atoms in total. The van der Waals surface area contributed by atoms with Gasteiger partial charge in [0.2, 0.25) is 0 Å². The Bertz CT molecular complexity index is 574. The third-order valence-corrected chi connectivity index (χ3v) is 3.61. The molecule has 2 aromatic heterocycles. The Kier molecular flexibility index (Phi) is 3.73. The molecule has 0 aliphatic rings. The van der Waals surface area contributed by atoms with Gasteiger partial charge in [0.25, 0.3) is 5.91 Å². The van der Waals surface area contributed by atoms with Crippen molar-refractivity contribution >= 4 is 28.8 Å². The summed E-state index contributed by atoms with van der Waals surface area (Å²) in [5, 5.41) is 7.04. The lowest BCUT2D eigenvalue weighted by atomic mass is 10.3. The number of hydrogen-bond acceptors (Lipinski definition) is 3. The number of halogens is 1. The maximum atomic E-state index is 11.8. The third kappa shape index (κ3) is 2.73. The summed E-state index contributed by atoms with van der Waals surface area (Å²) in [5.74, 6) is -0.158. The second-order valence-electron chi connectivity index (χ2n) is 4.27. The summed E-state index contributed by atoms with van der Waals surface area (Å²) < 4.78 is 2.41. The molecule has 2 heterocycles. The molecular formula is C12H14ClN3OS. The molecule has 1 N–H and O–H groups in total. The number of carbonyl (C=O) groups is 1. The van der Waals surface area contributed by atoms with E-state index in [2.05, 4.69) is 10.4 Å². The first-order chi connectivity index (χ1) is 8.47. The minimum atomic E-state index is -0.158. The number of aromatic nitrogens is 2. The van der Waals surface area contributed by atoms with E-state index < -0.39 is 0 Å². The van der Waals surface area contributed by atoms with Crippen LogP contribution in [0.3, 0.4) is 0 Å². The average molecular weight is 284 g/mol. The Morgan fingerprint density at radius 3 is 2.78 bits per heavy atom. The molecule has 0 radical (unpaired) electrons. The van der Waals surface area contributed by atoms with Gasteiger partial charge in [-0.05, 0) is 32.0 Å². The van der Waals surface area contributed by atoms with Crippen molar-refractivity contribution in [3.63, 3.8) is 0 Å². The van der Waals surface area contributed by atoms with Crippen LogP contribution in [-0.4, -0.2) is 21.7 Å². The number of carbonyl (C=O) groups excluding carboxylic acids is 1. The molecule has 0 saturated carbocycles. The molecule has 2 aromatic rings. The molecule has 0 aliphatic carbocycles. The Morgan fingerprint density at radius 2 is 2.22 bits per heavy atom. The quantitative estimate of drug-likeness (QED) is 0.941. The van der Waals surface area contributed by atoms with Gasteiger partial charge in [0.05, 0.1) is 14.9 Å². The minimum absolute atomic E-state index is 0.0964. The maximum Gasteiger partial charge on any atom is 0.271 e. The second kappa shape index (κ2) is 5.12. The Balaban J connectivity index is 2.30. The molecule has 1 amide bonds. The highest BCUT2D eigenvalue weighted by Gasteiger charge is 2.15. The van der Waals surface area contributed by atoms with E-state index in [1.165, 1.54) is 11.3 Å². The number of hydrogen-bond donors (Lipinski definition) is 1. The first kappa shape index (κ1) is 13.1. The number of nitrogens with one attached hydrogen (secondary N) is 1. The van der Waals surface area contributed by atoms with Crippen LogP contribution >= 0.6 is 22.9 Å². The average Bonchev–Trinajstić information content (AvgIpc) is 2.83. The van der Waals surface area contributed by atoms with Gasteiger partial charge in [0.15, 0.2) is 5.69 Å². The van der Waals surface area contributed by atoms with Crippen LogP contribution in [0.25, 0.3) is 10.6 Å². The number of nitrogens with zero attached hydrogens (tertiary/aromatic N) is 2. The monoisotopic (exact) mass is 283 g/mol. The van der Waals surface area contributed by atoms with Gasteiger partial charge in [-0.15, -0.1) is 11.3 Å². The number of amides is 1. The zero-order chi connectivity index (χ0) is 13.3. The van der Waals surface area contributed by atoms with Gasteiger partial charge in [-0.1, -0.05) is 11.6 Å². The van der Waals surface area contributed by atoms with Gasteiger partial charge in [-0.25, -0.2) is 0 Å². The summed E-state index contributed by atoms with van der Waals surface area (Å²) in [6.45, 7) is 3.83. The fraction of sp³-hybridized carbons (Fsp3) is 0.333. The van der Waals surface area contributed by atoms with Crippen LogP contribution in [0.2, 0.25) is 4.34 Å². The molecule has 96 valence electrons. The summed E-state index contributed by atoms with van der Waals surface area (Å²) in [6.07, 6.45) is 0. The van der Waals surface area contributed by atoms with Crippen LogP contribution in [0.4, 0.5) is 0 Å². The Labute approximate surface area is 115 Å². The maximum absolute atomic E-state index is 11.8. The fourth-order valence-corrected chi connectivity index (χ4v) is 2.69. The first-order valence-corrected chi connectivity index (χ1v) is 6.77. The van der Waals surface area contributed by atoms with E-state index in [9.17, 15) is 4.79 Å². The highest BCUT2D eigenvalue weighted by atomic mass is 35.5. The lowest BCUT2D eigenvalue weighted by molar-refractivity contribution is 0.0937. The molecule has 0 fully saturated rings. The zero-order valence-electron chi connectivity index (χ0n) is 10.4. The summed E-state index contributed by atoms with van der Waals surface area (Å²) in [7, 11) is 1.81. The van der Waals surface area contributed by atoms with Crippen molar-refractivity contribution < 1.29 is 4.79 Å². The van der Waals surface area contributed by atoms with Gasteiger partial charge >= 0.3 is 0 Å². The zero-order valence-corrected chi connectivity index (χ0v) is 12.0. The van der Waals surface area contributed by atoms with E-state index in [1.807, 2.05) is 33.0 Å². The molecule has 18 heavy (non-hydrogen) atoms. The van der Waals surface area contributed by atoms with Crippen molar-refractivity contribution in [3.05, 3.63) is 28.2 Å². The van der Waals surface area contributed by atoms with Crippen molar-refractivity contribution in [2.45, 2.75) is 19.9 Å². The lowest BCUT2D eigenvalue weighted by Gasteiger charge is -2.04. The molecule has 6 heteroatoms. The second-order valence-corrected chi connectivity index (χ2v) is 5.99. The summed E-state index contributed by atoms with van der Waals surface area (Å²) in [5.41, 5.74) is 1.31. The highest BCUT2D eigenvalue weighted by molar-refractivity contribution is 7.19. The first-order valence-electron chi connectivity index (χ1n) is 5.58. The van der Waals surface area contributed by atoms with Gasteiger partial charge in [-0.3, -0.25) is 9.48 Å². The van der Waals surface area contributed by atoms with Crippen molar-refractivity contribution in [2.24, 2.45) is 7.05 Å². The van der Waals surface area contributed by atoms with E-state index in [0.717, 1.165) is 14.9 Å². The normalized spacial score (nSPS) is 10.9. The number of rotatable bonds is 3. The Hall–Kier alpha value is -1.33. The molecule has 0 unspecified atom stereocenters. The summed E-state index contributed by atoms with van der Waals surface area (Å²) in [6, 6.07) is 5.63. The molecular weight excluding hydrogens is 270 g/mol. The number of aryl methyl sites for hydroxylation is 1. The van der Waals surface area contributed by atoms with E-state index >= 15 is 0 Å². The predicted octanol–water partition coefficient (Wildman–Crippen LogP) is 2.94. The van der Waals surface area contributed by atoms with Crippen molar-refractivity contribution in [2.75, 3.05) is 0 Å². The largest absolute Gasteiger partial charge is 0.348 e. The Morgan fingerprint density at radius 1 is 1.50 bits per heavy atom. The molecule has 0 bridgehead atoms. The van der Waals surface area contributed by atoms with E-state index in [1.54, 1.807) is 10.7 Å². The van der Waals surface area contributed by atoms with Gasteiger partial charge in [-0.2, -0.15) is 5.10 Å². The molecule has 0 atom stereocenters. The topological polar surface area (TPSA) is 46.9 Å². The van der Waals surface area contributed by atoms with E-state index in [4.69, 9.17) is 11.6 Å². The van der Waals surface area contributed by atoms with Crippen LogP contribution in [0, 0.1) is 0 Å². The third-order valence-electron chi connectivity index (χ3n) is 2.36. The molecule has 0 spiro atoms. The van der Waals surface area contributed by atoms with E-state index in [-0.39, 0.29) is 11.9 Å². The SMILES string of the molecule is CC(C)NC(=O)c1cc(-c2ccc(Cl)s2)n(C)n1. The standard InChI is InChI=1S/C12H14ClN3OS/c1-7(2)14-12(17)8-6-9(16(3)15-8)10-4-5-11(13)18-10/h4-7H,1-3H3,(H,14,17). The molecule has 0 aromatic carbocycles. The van der Waals surface area contributed by atoms with Crippen LogP contribution in [0.15, 0.2) is 18.2 Å². The van der Waals surface area contributed by atoms with Crippen LogP contribution in [0.1, 0.15) is 24.3 Å². The minimum Gasteiger partial charge on any atom is -0.348 e. The smallest absolute Gasteiger partial charge is 0.271 e. The van der Waals surface area contributed by atoms with Crippen LogP contribution in [-0.2, 0) is 7.05 Å². The van der Waals surface area contributed by atoms with Gasteiger partial charge < -0.3 is 5.32 Å². The molecule has 0 aliphatic heterocycles. The van der Waals surface area contributed by atoms with Crippen molar-refractivity contribution in [3.8, 4) is 10.6 Å². The van der Waals surface area contributed by atoms with Crippen LogP contribution < -0.4 is 5.32 Å². The van der Waals surface area contributed by atoms with Gasteiger partial charge in [0, 0.05) is 13.1 Å². The lowest BCUT2D eigenvalue weighted by Crippen LogP contribution is -2.30. The highest BCUT2D eigenvalue weighted by Crippen LogP contribution is 2.30. The van der Waals surface area contributed by atoms with Gasteiger partial charge in [0.1, 0.15) is 0 Å². The fourth-order valence-electron chi connectivity index (χ4n) is 1.60. The molecule has 0 saturated heterocycles. The summed E-state index contributed by atoms with van der Waals surface area (Å²) in [4.78, 5) is 12.8.